The number of nitrogens with zero attached hydrogens (tertiary/aromatic N) is 1. The van der Waals surface area contributed by atoms with Gasteiger partial charge >= 0.3 is 5.63 Å². The topological polar surface area (TPSA) is 97.0 Å². The normalized spacial score (nSPS) is 12.0. The van der Waals surface area contributed by atoms with Crippen molar-refractivity contribution in [3.05, 3.63) is 34.7 Å². The van der Waals surface area contributed by atoms with Crippen molar-refractivity contribution >= 4 is 21.0 Å². The van der Waals surface area contributed by atoms with Gasteiger partial charge in [0.25, 0.3) is 0 Å². The van der Waals surface area contributed by atoms with Crippen molar-refractivity contribution in [2.45, 2.75) is 110 Å². The summed E-state index contributed by atoms with van der Waals surface area (Å²) in [6.45, 7) is 2.73. The number of aromatic hydroxyl groups is 1. The second-order valence-electron chi connectivity index (χ2n) is 10.1. The van der Waals surface area contributed by atoms with E-state index in [9.17, 15) is 18.3 Å². The molecule has 2 rings (SSSR count). The highest BCUT2D eigenvalue weighted by molar-refractivity contribution is 7.88. The van der Waals surface area contributed by atoms with Crippen molar-refractivity contribution in [3.8, 4) is 11.5 Å². The molecule has 0 aliphatic rings. The first-order valence-corrected chi connectivity index (χ1v) is 15.8. The van der Waals surface area contributed by atoms with E-state index in [0.717, 1.165) is 25.3 Å². The van der Waals surface area contributed by atoms with Crippen LogP contribution in [0.15, 0.2) is 33.5 Å². The standard InChI is InChI=1S/C29H47NO6S/c1-3-4-5-6-7-8-9-10-11-12-13-14-15-16-17-18-21-30(2)37(33,34)24-35-25-19-20-28-26(22-25)27(31)23-29(32)36-28/h19-20,22-23,31H,3-18,21,24H2,1-2H3. The summed E-state index contributed by atoms with van der Waals surface area (Å²) in [5, 5.41) is 10.2. The number of sulfonamides is 1. The van der Waals surface area contributed by atoms with Gasteiger partial charge in [-0.25, -0.2) is 17.5 Å². The van der Waals surface area contributed by atoms with Crippen molar-refractivity contribution < 1.29 is 22.7 Å². The lowest BCUT2D eigenvalue weighted by molar-refractivity contribution is 0.354. The van der Waals surface area contributed by atoms with Gasteiger partial charge in [0.15, 0.2) is 0 Å². The fraction of sp³-hybridized carbons (Fsp3) is 0.690. The Morgan fingerprint density at radius 3 is 1.86 bits per heavy atom. The Morgan fingerprint density at radius 1 is 0.811 bits per heavy atom. The van der Waals surface area contributed by atoms with Gasteiger partial charge in [-0.1, -0.05) is 103 Å². The summed E-state index contributed by atoms with van der Waals surface area (Å²) in [5.74, 6) is -0.456. The fourth-order valence-electron chi connectivity index (χ4n) is 4.47. The van der Waals surface area contributed by atoms with Crippen LogP contribution >= 0.6 is 0 Å². The molecule has 0 unspecified atom stereocenters. The molecule has 1 heterocycles. The first-order chi connectivity index (χ1) is 17.8. The van der Waals surface area contributed by atoms with Crippen LogP contribution in [0.3, 0.4) is 0 Å². The zero-order valence-corrected chi connectivity index (χ0v) is 23.7. The minimum Gasteiger partial charge on any atom is -0.507 e. The van der Waals surface area contributed by atoms with E-state index in [-0.39, 0.29) is 22.5 Å². The van der Waals surface area contributed by atoms with Gasteiger partial charge in [-0.2, -0.15) is 0 Å². The van der Waals surface area contributed by atoms with E-state index in [1.807, 2.05) is 0 Å². The zero-order valence-electron chi connectivity index (χ0n) is 22.9. The molecule has 210 valence electrons. The lowest BCUT2D eigenvalue weighted by Gasteiger charge is -2.17. The highest BCUT2D eigenvalue weighted by Gasteiger charge is 2.18. The Morgan fingerprint density at radius 2 is 1.32 bits per heavy atom. The van der Waals surface area contributed by atoms with Gasteiger partial charge < -0.3 is 14.3 Å². The second kappa shape index (κ2) is 17.4. The molecule has 0 amide bonds. The summed E-state index contributed by atoms with van der Waals surface area (Å²) < 4.78 is 36.9. The quantitative estimate of drug-likeness (QED) is 0.132. The lowest BCUT2D eigenvalue weighted by atomic mass is 10.0. The van der Waals surface area contributed by atoms with Crippen molar-refractivity contribution in [1.82, 2.24) is 4.31 Å². The maximum Gasteiger partial charge on any atom is 0.339 e. The number of benzene rings is 1. The third-order valence-electron chi connectivity index (χ3n) is 6.87. The van der Waals surface area contributed by atoms with E-state index in [1.54, 1.807) is 7.05 Å². The molecule has 2 aromatic rings. The monoisotopic (exact) mass is 537 g/mol. The summed E-state index contributed by atoms with van der Waals surface area (Å²) in [4.78, 5) is 11.3. The lowest BCUT2D eigenvalue weighted by Crippen LogP contribution is -2.32. The van der Waals surface area contributed by atoms with Gasteiger partial charge in [-0.15, -0.1) is 0 Å². The van der Waals surface area contributed by atoms with Crippen molar-refractivity contribution in [1.29, 1.82) is 0 Å². The van der Waals surface area contributed by atoms with Crippen LogP contribution in [0, 0.1) is 0 Å². The molecule has 0 atom stereocenters. The predicted molar refractivity (Wildman–Crippen MR) is 151 cm³/mol. The third-order valence-corrected chi connectivity index (χ3v) is 8.42. The minimum atomic E-state index is -3.57. The summed E-state index contributed by atoms with van der Waals surface area (Å²) in [5.41, 5.74) is -0.447. The largest absolute Gasteiger partial charge is 0.507 e. The molecule has 0 saturated heterocycles. The average molecular weight is 538 g/mol. The highest BCUT2D eigenvalue weighted by atomic mass is 32.2. The molecule has 0 radical (unpaired) electrons. The van der Waals surface area contributed by atoms with E-state index >= 15 is 0 Å². The van der Waals surface area contributed by atoms with Gasteiger partial charge in [-0.05, 0) is 24.6 Å². The second-order valence-corrected chi connectivity index (χ2v) is 12.1. The van der Waals surface area contributed by atoms with Crippen molar-refractivity contribution in [3.63, 3.8) is 0 Å². The van der Waals surface area contributed by atoms with Crippen LogP contribution in [-0.2, 0) is 10.0 Å². The van der Waals surface area contributed by atoms with Gasteiger partial charge in [-0.3, -0.25) is 0 Å². The molecular formula is C29H47NO6S. The molecule has 1 N–H and O–H groups in total. The van der Waals surface area contributed by atoms with Gasteiger partial charge in [0.1, 0.15) is 17.1 Å². The van der Waals surface area contributed by atoms with Gasteiger partial charge in [0.05, 0.1) is 11.5 Å². The fourth-order valence-corrected chi connectivity index (χ4v) is 5.34. The molecule has 1 aromatic carbocycles. The summed E-state index contributed by atoms with van der Waals surface area (Å²) in [6.07, 6.45) is 20.5. The molecular weight excluding hydrogens is 490 g/mol. The Balaban J connectivity index is 1.51. The summed E-state index contributed by atoms with van der Waals surface area (Å²) in [6, 6.07) is 5.40. The number of hydrogen-bond donors (Lipinski definition) is 1. The molecule has 0 spiro atoms. The molecule has 0 saturated carbocycles. The Labute approximate surface area is 223 Å². The predicted octanol–water partition coefficient (Wildman–Crippen LogP) is 7.36. The smallest absolute Gasteiger partial charge is 0.339 e. The van der Waals surface area contributed by atoms with Crippen molar-refractivity contribution in [2.24, 2.45) is 0 Å². The van der Waals surface area contributed by atoms with Crippen LogP contribution in [-0.4, -0.2) is 37.4 Å². The van der Waals surface area contributed by atoms with E-state index in [4.69, 9.17) is 9.15 Å². The average Bonchev–Trinajstić information content (AvgIpc) is 2.87. The number of hydrogen-bond acceptors (Lipinski definition) is 6. The molecule has 0 aliphatic carbocycles. The van der Waals surface area contributed by atoms with Crippen LogP contribution in [0.2, 0.25) is 0 Å². The van der Waals surface area contributed by atoms with Crippen LogP contribution in [0.1, 0.15) is 110 Å². The van der Waals surface area contributed by atoms with Gasteiger partial charge in [0, 0.05) is 13.6 Å². The van der Waals surface area contributed by atoms with E-state index in [2.05, 4.69) is 6.92 Å². The van der Waals surface area contributed by atoms with E-state index < -0.39 is 21.6 Å². The molecule has 7 nitrogen and oxygen atoms in total. The molecule has 1 aromatic heterocycles. The molecule has 0 fully saturated rings. The van der Waals surface area contributed by atoms with E-state index in [0.29, 0.717) is 6.54 Å². The molecule has 37 heavy (non-hydrogen) atoms. The minimum absolute atomic E-state index is 0.209. The highest BCUT2D eigenvalue weighted by Crippen LogP contribution is 2.27. The van der Waals surface area contributed by atoms with Gasteiger partial charge in [0.2, 0.25) is 16.0 Å². The first-order valence-electron chi connectivity index (χ1n) is 14.2. The Hall–Kier alpha value is -2.06. The molecule has 0 bridgehead atoms. The summed E-state index contributed by atoms with van der Waals surface area (Å²) >= 11 is 0. The maximum atomic E-state index is 12.6. The van der Waals surface area contributed by atoms with Crippen molar-refractivity contribution in [2.75, 3.05) is 19.5 Å². The Kier molecular flexibility index (Phi) is 14.7. The number of ether oxygens (including phenoxy) is 1. The number of fused-ring (bicyclic) bond motifs is 1. The third kappa shape index (κ3) is 12.4. The Bertz CT molecular complexity index is 1070. The van der Waals surface area contributed by atoms with Crippen LogP contribution < -0.4 is 10.4 Å². The number of rotatable bonds is 21. The van der Waals surface area contributed by atoms with Crippen LogP contribution in [0.4, 0.5) is 0 Å². The first kappa shape index (κ1) is 31.2. The summed E-state index contributed by atoms with van der Waals surface area (Å²) in [7, 11) is -2.00. The van der Waals surface area contributed by atoms with E-state index in [1.165, 1.54) is 106 Å². The SMILES string of the molecule is CCCCCCCCCCCCCCCCCCN(C)S(=O)(=O)COc1ccc2oc(=O)cc(O)c2c1. The van der Waals surface area contributed by atoms with Crippen LogP contribution in [0.5, 0.6) is 11.5 Å². The zero-order chi connectivity index (χ0) is 26.9. The molecule has 0 aliphatic heterocycles. The van der Waals surface area contributed by atoms with Crippen LogP contribution in [0.25, 0.3) is 11.0 Å². The molecule has 8 heteroatoms. The maximum absolute atomic E-state index is 12.6. The number of unbranched alkanes of at least 4 members (excludes halogenated alkanes) is 15.